The topological polar surface area (TPSA) is 78.9 Å². The van der Waals surface area contributed by atoms with Gasteiger partial charge in [0.1, 0.15) is 11.0 Å². The molecule has 3 rings (SSSR count). The van der Waals surface area contributed by atoms with Crippen molar-refractivity contribution in [2.24, 2.45) is 0 Å². The molecule has 0 saturated carbocycles. The fourth-order valence-electron chi connectivity index (χ4n) is 1.73. The van der Waals surface area contributed by atoms with E-state index >= 15 is 0 Å². The molecule has 0 bridgehead atoms. The molecular weight excluding hydrogens is 276 g/mol. The Balaban J connectivity index is 2.75. The van der Waals surface area contributed by atoms with E-state index in [1.807, 2.05) is 0 Å². The summed E-state index contributed by atoms with van der Waals surface area (Å²) in [6.07, 6.45) is 1.50. The van der Waals surface area contributed by atoms with Crippen molar-refractivity contribution in [1.82, 2.24) is 9.97 Å². The number of halogens is 1. The van der Waals surface area contributed by atoms with Crippen molar-refractivity contribution in [2.45, 2.75) is 0 Å². The van der Waals surface area contributed by atoms with Gasteiger partial charge in [-0.15, -0.1) is 0 Å². The fourth-order valence-corrected chi connectivity index (χ4v) is 2.27. The maximum absolute atomic E-state index is 11.7. The van der Waals surface area contributed by atoms with Crippen LogP contribution in [-0.2, 0) is 0 Å². The molecule has 1 aromatic carbocycles. The molecule has 0 aliphatic carbocycles. The normalized spacial score (nSPS) is 11.3. The molecule has 3 aromatic rings. The number of aromatic amines is 2. The maximum Gasteiger partial charge on any atom is 0.326 e. The summed E-state index contributed by atoms with van der Waals surface area (Å²) >= 11 is 3.35. The van der Waals surface area contributed by atoms with E-state index in [4.69, 9.17) is 4.42 Å². The molecule has 6 heteroatoms. The van der Waals surface area contributed by atoms with Gasteiger partial charge >= 0.3 is 5.69 Å². The van der Waals surface area contributed by atoms with E-state index in [9.17, 15) is 9.59 Å². The quantitative estimate of drug-likeness (QED) is 0.658. The molecular formula is C10H5BrN2O3. The lowest BCUT2D eigenvalue weighted by Crippen LogP contribution is -2.21. The van der Waals surface area contributed by atoms with Crippen molar-refractivity contribution in [3.63, 3.8) is 0 Å². The number of rotatable bonds is 0. The Labute approximate surface area is 96.2 Å². The van der Waals surface area contributed by atoms with Crippen LogP contribution in [0.15, 0.2) is 36.9 Å². The van der Waals surface area contributed by atoms with Gasteiger partial charge in [0, 0.05) is 9.86 Å². The first-order valence-electron chi connectivity index (χ1n) is 4.49. The standard InChI is InChI=1S/C10H5BrN2O3/c11-5-3-6-7(8-4(5)1-2-16-8)9(14)13-10(15)12-6/h1-3H,(H2,12,13,14,15). The van der Waals surface area contributed by atoms with E-state index in [2.05, 4.69) is 25.9 Å². The molecule has 0 saturated heterocycles. The monoisotopic (exact) mass is 280 g/mol. The minimum atomic E-state index is -0.532. The summed E-state index contributed by atoms with van der Waals surface area (Å²) in [4.78, 5) is 27.5. The highest BCUT2D eigenvalue weighted by Gasteiger charge is 2.11. The van der Waals surface area contributed by atoms with Crippen LogP contribution in [-0.4, -0.2) is 9.97 Å². The summed E-state index contributed by atoms with van der Waals surface area (Å²) in [6, 6.07) is 3.44. The molecule has 0 spiro atoms. The zero-order valence-electron chi connectivity index (χ0n) is 7.83. The Kier molecular flexibility index (Phi) is 1.81. The predicted molar refractivity (Wildman–Crippen MR) is 62.7 cm³/mol. The number of furan rings is 1. The zero-order valence-corrected chi connectivity index (χ0v) is 9.42. The Morgan fingerprint density at radius 1 is 1.25 bits per heavy atom. The van der Waals surface area contributed by atoms with Gasteiger partial charge < -0.3 is 9.40 Å². The summed E-state index contributed by atoms with van der Waals surface area (Å²) < 4.78 is 6.03. The number of hydrogen-bond acceptors (Lipinski definition) is 3. The lowest BCUT2D eigenvalue weighted by Gasteiger charge is -1.99. The Morgan fingerprint density at radius 2 is 2.06 bits per heavy atom. The van der Waals surface area contributed by atoms with Gasteiger partial charge in [-0.2, -0.15) is 0 Å². The second-order valence-electron chi connectivity index (χ2n) is 3.35. The lowest BCUT2D eigenvalue weighted by molar-refractivity contribution is 0.618. The van der Waals surface area contributed by atoms with Gasteiger partial charge in [0.05, 0.1) is 11.8 Å². The minimum Gasteiger partial charge on any atom is -0.463 e. The van der Waals surface area contributed by atoms with Crippen molar-refractivity contribution in [3.8, 4) is 0 Å². The molecule has 0 fully saturated rings. The van der Waals surface area contributed by atoms with Crippen LogP contribution in [0.25, 0.3) is 21.9 Å². The number of H-pyrrole nitrogens is 2. The molecule has 0 aliphatic rings. The molecule has 2 heterocycles. The van der Waals surface area contributed by atoms with E-state index in [0.29, 0.717) is 16.5 Å². The van der Waals surface area contributed by atoms with Crippen LogP contribution in [0, 0.1) is 0 Å². The average Bonchev–Trinajstić information content (AvgIpc) is 2.65. The highest BCUT2D eigenvalue weighted by molar-refractivity contribution is 9.10. The van der Waals surface area contributed by atoms with Crippen LogP contribution in [0.2, 0.25) is 0 Å². The molecule has 0 amide bonds. The Hall–Kier alpha value is -1.82. The van der Waals surface area contributed by atoms with Crippen LogP contribution < -0.4 is 11.2 Å². The van der Waals surface area contributed by atoms with Crippen LogP contribution in [0.5, 0.6) is 0 Å². The van der Waals surface area contributed by atoms with Crippen molar-refractivity contribution in [3.05, 3.63) is 43.7 Å². The molecule has 0 aliphatic heterocycles. The van der Waals surface area contributed by atoms with Gasteiger partial charge in [-0.1, -0.05) is 0 Å². The van der Waals surface area contributed by atoms with E-state index in [-0.39, 0.29) is 0 Å². The van der Waals surface area contributed by atoms with Gasteiger partial charge in [0.15, 0.2) is 0 Å². The Bertz CT molecular complexity index is 812. The number of nitrogens with one attached hydrogen (secondary N) is 2. The number of aromatic nitrogens is 2. The summed E-state index contributed by atoms with van der Waals surface area (Å²) in [7, 11) is 0. The molecule has 80 valence electrons. The molecule has 2 aromatic heterocycles. The van der Waals surface area contributed by atoms with E-state index in [1.54, 1.807) is 12.1 Å². The van der Waals surface area contributed by atoms with Gasteiger partial charge in [0.2, 0.25) is 0 Å². The van der Waals surface area contributed by atoms with E-state index < -0.39 is 11.2 Å². The van der Waals surface area contributed by atoms with Crippen molar-refractivity contribution >= 4 is 37.8 Å². The first-order valence-corrected chi connectivity index (χ1v) is 5.28. The third-order valence-corrected chi connectivity index (χ3v) is 3.05. The van der Waals surface area contributed by atoms with E-state index in [0.717, 1.165) is 9.86 Å². The van der Waals surface area contributed by atoms with Crippen LogP contribution in [0.4, 0.5) is 0 Å². The largest absolute Gasteiger partial charge is 0.463 e. The first-order chi connectivity index (χ1) is 7.66. The molecule has 0 unspecified atom stereocenters. The highest BCUT2D eigenvalue weighted by atomic mass is 79.9. The maximum atomic E-state index is 11.7. The van der Waals surface area contributed by atoms with Gasteiger partial charge in [-0.3, -0.25) is 9.78 Å². The van der Waals surface area contributed by atoms with Gasteiger partial charge in [-0.05, 0) is 28.1 Å². The third-order valence-electron chi connectivity index (χ3n) is 2.39. The van der Waals surface area contributed by atoms with Crippen LogP contribution in [0.3, 0.4) is 0 Å². The van der Waals surface area contributed by atoms with Crippen molar-refractivity contribution < 1.29 is 4.42 Å². The summed E-state index contributed by atoms with van der Waals surface area (Å²) in [6.45, 7) is 0. The highest BCUT2D eigenvalue weighted by Crippen LogP contribution is 2.29. The summed E-state index contributed by atoms with van der Waals surface area (Å²) in [5, 5.41) is 1.15. The molecule has 0 radical (unpaired) electrons. The third kappa shape index (κ3) is 1.16. The minimum absolute atomic E-state index is 0.350. The molecule has 0 atom stereocenters. The number of benzene rings is 1. The lowest BCUT2D eigenvalue weighted by atomic mass is 10.2. The summed E-state index contributed by atoms with van der Waals surface area (Å²) in [5.41, 5.74) is -0.0774. The zero-order chi connectivity index (χ0) is 11.3. The number of hydrogen-bond donors (Lipinski definition) is 2. The average molecular weight is 281 g/mol. The SMILES string of the molecule is O=c1[nH]c(=O)c2c(cc(Br)c3ccoc32)[nH]1. The molecule has 5 nitrogen and oxygen atoms in total. The predicted octanol–water partition coefficient (Wildman–Crippen LogP) is 1.73. The fraction of sp³-hybridized carbons (Fsp3) is 0. The molecule has 16 heavy (non-hydrogen) atoms. The Morgan fingerprint density at radius 3 is 2.88 bits per heavy atom. The summed E-state index contributed by atoms with van der Waals surface area (Å²) in [5.74, 6) is 0. The van der Waals surface area contributed by atoms with Crippen molar-refractivity contribution in [2.75, 3.05) is 0 Å². The van der Waals surface area contributed by atoms with Crippen LogP contribution in [0.1, 0.15) is 0 Å². The smallest absolute Gasteiger partial charge is 0.326 e. The second kappa shape index (κ2) is 3.08. The van der Waals surface area contributed by atoms with Gasteiger partial charge in [0.25, 0.3) is 5.56 Å². The van der Waals surface area contributed by atoms with Gasteiger partial charge in [-0.25, -0.2) is 4.79 Å². The van der Waals surface area contributed by atoms with Crippen molar-refractivity contribution in [1.29, 1.82) is 0 Å². The second-order valence-corrected chi connectivity index (χ2v) is 4.21. The molecule has 2 N–H and O–H groups in total. The van der Waals surface area contributed by atoms with Crippen LogP contribution >= 0.6 is 15.9 Å². The number of fused-ring (bicyclic) bond motifs is 3. The first kappa shape index (κ1) is 9.41. The van der Waals surface area contributed by atoms with E-state index in [1.165, 1.54) is 6.26 Å².